The van der Waals surface area contributed by atoms with E-state index in [9.17, 15) is 4.79 Å². The molecule has 1 aliphatic rings. The molecule has 0 bridgehead atoms. The van der Waals surface area contributed by atoms with E-state index in [0.29, 0.717) is 10.5 Å². The first-order valence-corrected chi connectivity index (χ1v) is 5.57. The number of nitrogens with one attached hydrogen (secondary N) is 1. The van der Waals surface area contributed by atoms with Gasteiger partial charge in [0, 0.05) is 12.7 Å². The van der Waals surface area contributed by atoms with E-state index >= 15 is 0 Å². The van der Waals surface area contributed by atoms with Crippen LogP contribution in [0.5, 0.6) is 0 Å². The van der Waals surface area contributed by atoms with Gasteiger partial charge in [-0.15, -0.1) is 0 Å². The van der Waals surface area contributed by atoms with E-state index in [1.807, 2.05) is 23.8 Å². The van der Waals surface area contributed by atoms with Crippen LogP contribution in [0.25, 0.3) is 0 Å². The molecule has 0 saturated carbocycles. The Kier molecular flexibility index (Phi) is 2.74. The van der Waals surface area contributed by atoms with Crippen molar-refractivity contribution in [2.24, 2.45) is 0 Å². The van der Waals surface area contributed by atoms with Crippen LogP contribution in [-0.4, -0.2) is 17.7 Å². The highest BCUT2D eigenvalue weighted by atomic mass is 79.9. The second-order valence-electron chi connectivity index (χ2n) is 3.72. The van der Waals surface area contributed by atoms with Crippen LogP contribution in [0, 0.1) is 6.92 Å². The molecule has 1 fully saturated rings. The second-order valence-corrected chi connectivity index (χ2v) is 4.58. The molecule has 1 aliphatic heterocycles. The standard InChI is InChI=1S/C10H13BrN2O/c1-7-4-9(11)10(14)13(6-7)8-2-3-12-5-8/h4,6,8,12H,2-3,5H2,1H3. The van der Waals surface area contributed by atoms with E-state index in [0.717, 1.165) is 25.1 Å². The zero-order valence-corrected chi connectivity index (χ0v) is 9.67. The summed E-state index contributed by atoms with van der Waals surface area (Å²) in [7, 11) is 0. The number of rotatable bonds is 1. The van der Waals surface area contributed by atoms with Crippen LogP contribution in [0.15, 0.2) is 21.5 Å². The topological polar surface area (TPSA) is 34.0 Å². The van der Waals surface area contributed by atoms with Crippen LogP contribution >= 0.6 is 15.9 Å². The summed E-state index contributed by atoms with van der Waals surface area (Å²) in [5.41, 5.74) is 1.19. The van der Waals surface area contributed by atoms with Gasteiger partial charge in [-0.3, -0.25) is 4.79 Å². The fourth-order valence-corrected chi connectivity index (χ4v) is 2.41. The summed E-state index contributed by atoms with van der Waals surface area (Å²) in [6.07, 6.45) is 2.97. The predicted molar refractivity (Wildman–Crippen MR) is 59.7 cm³/mol. The third-order valence-corrected chi connectivity index (χ3v) is 3.13. The van der Waals surface area contributed by atoms with E-state index in [-0.39, 0.29) is 5.56 Å². The van der Waals surface area contributed by atoms with E-state index in [1.54, 1.807) is 0 Å². The molecule has 1 atom stereocenters. The minimum absolute atomic E-state index is 0.0734. The molecule has 0 aliphatic carbocycles. The van der Waals surface area contributed by atoms with Gasteiger partial charge in [0.15, 0.2) is 0 Å². The van der Waals surface area contributed by atoms with E-state index in [1.165, 1.54) is 0 Å². The minimum Gasteiger partial charge on any atom is -0.315 e. The van der Waals surface area contributed by atoms with Crippen molar-refractivity contribution in [3.63, 3.8) is 0 Å². The lowest BCUT2D eigenvalue weighted by Crippen LogP contribution is -2.26. The van der Waals surface area contributed by atoms with Crippen LogP contribution in [0.1, 0.15) is 18.0 Å². The fraction of sp³-hybridized carbons (Fsp3) is 0.500. The van der Waals surface area contributed by atoms with Gasteiger partial charge in [-0.05, 0) is 47.4 Å². The van der Waals surface area contributed by atoms with Crippen molar-refractivity contribution in [2.45, 2.75) is 19.4 Å². The molecule has 1 aromatic rings. The molecular weight excluding hydrogens is 244 g/mol. The van der Waals surface area contributed by atoms with Crippen molar-refractivity contribution < 1.29 is 0 Å². The number of aryl methyl sites for hydroxylation is 1. The molecule has 1 unspecified atom stereocenters. The Morgan fingerprint density at radius 3 is 3.07 bits per heavy atom. The number of nitrogens with zero attached hydrogens (tertiary/aromatic N) is 1. The van der Waals surface area contributed by atoms with Crippen LogP contribution in [0.2, 0.25) is 0 Å². The Bertz CT molecular complexity index is 394. The fourth-order valence-electron chi connectivity index (χ4n) is 1.85. The van der Waals surface area contributed by atoms with Gasteiger partial charge in [0.2, 0.25) is 0 Å². The van der Waals surface area contributed by atoms with Crippen molar-refractivity contribution in [3.05, 3.63) is 32.7 Å². The quantitative estimate of drug-likeness (QED) is 0.826. The molecule has 1 aromatic heterocycles. The van der Waals surface area contributed by atoms with E-state index in [2.05, 4.69) is 21.2 Å². The molecule has 0 radical (unpaired) electrons. The summed E-state index contributed by atoms with van der Waals surface area (Å²) in [4.78, 5) is 11.8. The lowest BCUT2D eigenvalue weighted by molar-refractivity contribution is 0.526. The van der Waals surface area contributed by atoms with E-state index < -0.39 is 0 Å². The molecule has 1 N–H and O–H groups in total. The maximum Gasteiger partial charge on any atom is 0.265 e. The molecular formula is C10H13BrN2O. The average Bonchev–Trinajstić information content (AvgIpc) is 2.63. The summed E-state index contributed by atoms with van der Waals surface area (Å²) in [5.74, 6) is 0. The lowest BCUT2D eigenvalue weighted by atomic mass is 10.2. The van der Waals surface area contributed by atoms with Gasteiger partial charge in [-0.1, -0.05) is 0 Å². The van der Waals surface area contributed by atoms with Crippen LogP contribution < -0.4 is 10.9 Å². The number of halogens is 1. The highest BCUT2D eigenvalue weighted by Crippen LogP contribution is 2.15. The van der Waals surface area contributed by atoms with Crippen LogP contribution in [0.3, 0.4) is 0 Å². The van der Waals surface area contributed by atoms with Crippen molar-refractivity contribution in [3.8, 4) is 0 Å². The van der Waals surface area contributed by atoms with Crippen LogP contribution in [-0.2, 0) is 0 Å². The number of pyridine rings is 1. The largest absolute Gasteiger partial charge is 0.315 e. The van der Waals surface area contributed by atoms with Gasteiger partial charge in [0.25, 0.3) is 5.56 Å². The van der Waals surface area contributed by atoms with Crippen molar-refractivity contribution in [1.29, 1.82) is 0 Å². The molecule has 0 aromatic carbocycles. The van der Waals surface area contributed by atoms with Gasteiger partial charge in [0.1, 0.15) is 0 Å². The second kappa shape index (κ2) is 3.87. The van der Waals surface area contributed by atoms with Gasteiger partial charge >= 0.3 is 0 Å². The third-order valence-electron chi connectivity index (χ3n) is 2.56. The smallest absolute Gasteiger partial charge is 0.265 e. The molecule has 14 heavy (non-hydrogen) atoms. The zero-order valence-electron chi connectivity index (χ0n) is 8.09. The molecule has 2 heterocycles. The van der Waals surface area contributed by atoms with Crippen molar-refractivity contribution in [2.75, 3.05) is 13.1 Å². The summed E-state index contributed by atoms with van der Waals surface area (Å²) in [6.45, 7) is 3.90. The summed E-state index contributed by atoms with van der Waals surface area (Å²) < 4.78 is 2.49. The Morgan fingerprint density at radius 1 is 1.64 bits per heavy atom. The van der Waals surface area contributed by atoms with Gasteiger partial charge in [-0.25, -0.2) is 0 Å². The summed E-state index contributed by atoms with van der Waals surface area (Å²) in [6, 6.07) is 2.18. The van der Waals surface area contributed by atoms with Crippen LogP contribution in [0.4, 0.5) is 0 Å². The summed E-state index contributed by atoms with van der Waals surface area (Å²) >= 11 is 3.29. The summed E-state index contributed by atoms with van der Waals surface area (Å²) in [5, 5.41) is 3.26. The number of hydrogen-bond acceptors (Lipinski definition) is 2. The predicted octanol–water partition coefficient (Wildman–Crippen LogP) is 1.45. The Labute approximate surface area is 91.3 Å². The Morgan fingerprint density at radius 2 is 2.43 bits per heavy atom. The van der Waals surface area contributed by atoms with Gasteiger partial charge < -0.3 is 9.88 Å². The molecule has 0 spiro atoms. The molecule has 76 valence electrons. The number of hydrogen-bond donors (Lipinski definition) is 1. The SMILES string of the molecule is Cc1cc(Br)c(=O)n(C2CCNC2)c1. The Balaban J connectivity index is 2.46. The third kappa shape index (κ3) is 1.77. The molecule has 4 heteroatoms. The normalized spacial score (nSPS) is 21.4. The Hall–Kier alpha value is -0.610. The molecule has 1 saturated heterocycles. The molecule has 3 nitrogen and oxygen atoms in total. The van der Waals surface area contributed by atoms with Gasteiger partial charge in [-0.2, -0.15) is 0 Å². The maximum atomic E-state index is 11.8. The number of aromatic nitrogens is 1. The van der Waals surface area contributed by atoms with E-state index in [4.69, 9.17) is 0 Å². The highest BCUT2D eigenvalue weighted by molar-refractivity contribution is 9.10. The molecule has 0 amide bonds. The van der Waals surface area contributed by atoms with Gasteiger partial charge in [0.05, 0.1) is 10.5 Å². The average molecular weight is 257 g/mol. The minimum atomic E-state index is 0.0734. The first-order chi connectivity index (χ1) is 6.68. The van der Waals surface area contributed by atoms with Crippen molar-refractivity contribution in [1.82, 2.24) is 9.88 Å². The highest BCUT2D eigenvalue weighted by Gasteiger charge is 2.18. The zero-order chi connectivity index (χ0) is 10.1. The maximum absolute atomic E-state index is 11.8. The lowest BCUT2D eigenvalue weighted by Gasteiger charge is -2.13. The first kappa shape index (κ1) is 9.93. The monoisotopic (exact) mass is 256 g/mol. The van der Waals surface area contributed by atoms with Crippen molar-refractivity contribution >= 4 is 15.9 Å². The first-order valence-electron chi connectivity index (χ1n) is 4.77. The molecule has 2 rings (SSSR count).